The predicted octanol–water partition coefficient (Wildman–Crippen LogP) is 3.57. The van der Waals surface area contributed by atoms with Crippen LogP contribution in [0.1, 0.15) is 49.7 Å². The van der Waals surface area contributed by atoms with E-state index in [4.69, 9.17) is 5.11 Å². The summed E-state index contributed by atoms with van der Waals surface area (Å²) in [5.41, 5.74) is -0.134. The Hall–Kier alpha value is -2.05. The van der Waals surface area contributed by atoms with E-state index in [-0.39, 0.29) is 12.3 Å². The SMILES string of the molecule is CC(CC(=O)NC(CC1CC1)C(=O)O)c1ccc(C(F)(F)F)cc1. The highest BCUT2D eigenvalue weighted by molar-refractivity contribution is 5.84. The molecule has 4 nitrogen and oxygen atoms in total. The van der Waals surface area contributed by atoms with Crippen molar-refractivity contribution in [3.63, 3.8) is 0 Å². The van der Waals surface area contributed by atoms with Gasteiger partial charge in [-0.1, -0.05) is 31.9 Å². The minimum absolute atomic E-state index is 0.0276. The van der Waals surface area contributed by atoms with Crippen molar-refractivity contribution in [1.29, 1.82) is 0 Å². The molecule has 0 radical (unpaired) electrons. The summed E-state index contributed by atoms with van der Waals surface area (Å²) < 4.78 is 37.6. The zero-order chi connectivity index (χ0) is 17.9. The van der Waals surface area contributed by atoms with E-state index in [0.717, 1.165) is 25.0 Å². The number of carboxylic acids is 1. The zero-order valence-electron chi connectivity index (χ0n) is 13.3. The predicted molar refractivity (Wildman–Crippen MR) is 81.4 cm³/mol. The fourth-order valence-corrected chi connectivity index (χ4v) is 2.56. The molecule has 1 aliphatic carbocycles. The van der Waals surface area contributed by atoms with Gasteiger partial charge in [-0.15, -0.1) is 0 Å². The van der Waals surface area contributed by atoms with Crippen LogP contribution in [0.25, 0.3) is 0 Å². The van der Waals surface area contributed by atoms with Crippen molar-refractivity contribution in [1.82, 2.24) is 5.32 Å². The molecule has 0 saturated heterocycles. The molecule has 0 spiro atoms. The van der Waals surface area contributed by atoms with Gasteiger partial charge in [0.1, 0.15) is 6.04 Å². The number of amides is 1. The Bertz CT molecular complexity index is 594. The number of carbonyl (C=O) groups excluding carboxylic acids is 1. The zero-order valence-corrected chi connectivity index (χ0v) is 13.3. The Morgan fingerprint density at radius 1 is 1.25 bits per heavy atom. The lowest BCUT2D eigenvalue weighted by molar-refractivity contribution is -0.142. The molecule has 1 aliphatic rings. The van der Waals surface area contributed by atoms with Crippen molar-refractivity contribution in [2.24, 2.45) is 5.92 Å². The first kappa shape index (κ1) is 18.3. The fourth-order valence-electron chi connectivity index (χ4n) is 2.56. The van der Waals surface area contributed by atoms with Crippen molar-refractivity contribution >= 4 is 11.9 Å². The molecule has 0 aromatic heterocycles. The van der Waals surface area contributed by atoms with Gasteiger partial charge in [-0.25, -0.2) is 4.79 Å². The first-order valence-electron chi connectivity index (χ1n) is 7.86. The molecule has 0 bridgehead atoms. The second-order valence-electron chi connectivity index (χ2n) is 6.36. The largest absolute Gasteiger partial charge is 0.480 e. The van der Waals surface area contributed by atoms with Crippen molar-refractivity contribution in [2.75, 3.05) is 0 Å². The van der Waals surface area contributed by atoms with Crippen LogP contribution in [-0.2, 0) is 15.8 Å². The van der Waals surface area contributed by atoms with Gasteiger partial charge < -0.3 is 10.4 Å². The van der Waals surface area contributed by atoms with Crippen LogP contribution in [0.5, 0.6) is 0 Å². The van der Waals surface area contributed by atoms with Crippen LogP contribution >= 0.6 is 0 Å². The Morgan fingerprint density at radius 2 is 1.83 bits per heavy atom. The number of carbonyl (C=O) groups is 2. The van der Waals surface area contributed by atoms with Crippen LogP contribution in [0.15, 0.2) is 24.3 Å². The molecular weight excluding hydrogens is 323 g/mol. The Morgan fingerprint density at radius 3 is 2.29 bits per heavy atom. The summed E-state index contributed by atoms with van der Waals surface area (Å²) in [6.45, 7) is 1.72. The number of benzene rings is 1. The molecule has 1 aromatic rings. The van der Waals surface area contributed by atoms with Crippen LogP contribution in [0, 0.1) is 5.92 Å². The van der Waals surface area contributed by atoms with Gasteiger partial charge in [0.05, 0.1) is 5.56 Å². The maximum atomic E-state index is 12.5. The van der Waals surface area contributed by atoms with Gasteiger partial charge in [0.25, 0.3) is 0 Å². The molecule has 0 aliphatic heterocycles. The molecule has 0 heterocycles. The van der Waals surface area contributed by atoms with E-state index in [2.05, 4.69) is 5.32 Å². The van der Waals surface area contributed by atoms with Gasteiger partial charge in [0.15, 0.2) is 0 Å². The number of alkyl halides is 3. The third kappa shape index (κ3) is 5.25. The van der Waals surface area contributed by atoms with Crippen LogP contribution in [0.2, 0.25) is 0 Å². The molecule has 2 atom stereocenters. The maximum absolute atomic E-state index is 12.5. The highest BCUT2D eigenvalue weighted by Crippen LogP contribution is 2.34. The van der Waals surface area contributed by atoms with Crippen molar-refractivity contribution in [3.8, 4) is 0 Å². The number of nitrogens with one attached hydrogen (secondary N) is 1. The van der Waals surface area contributed by atoms with E-state index in [9.17, 15) is 22.8 Å². The standard InChI is InChI=1S/C17H20F3NO3/c1-10(12-4-6-13(7-5-12)17(18,19)20)8-15(22)21-14(16(23)24)9-11-2-3-11/h4-7,10-11,14H,2-3,8-9H2,1H3,(H,21,22)(H,23,24). The smallest absolute Gasteiger partial charge is 0.416 e. The average molecular weight is 343 g/mol. The number of hydrogen-bond donors (Lipinski definition) is 2. The number of aliphatic carboxylic acids is 1. The van der Waals surface area contributed by atoms with E-state index >= 15 is 0 Å². The minimum Gasteiger partial charge on any atom is -0.480 e. The molecule has 2 rings (SSSR count). The Labute approximate surface area is 138 Å². The van der Waals surface area contributed by atoms with E-state index in [1.165, 1.54) is 12.1 Å². The van der Waals surface area contributed by atoms with Crippen LogP contribution < -0.4 is 5.32 Å². The van der Waals surface area contributed by atoms with Crippen molar-refractivity contribution in [3.05, 3.63) is 35.4 Å². The lowest BCUT2D eigenvalue weighted by Crippen LogP contribution is -2.41. The first-order valence-corrected chi connectivity index (χ1v) is 7.86. The maximum Gasteiger partial charge on any atom is 0.416 e. The molecule has 1 fully saturated rings. The molecule has 24 heavy (non-hydrogen) atoms. The van der Waals surface area contributed by atoms with E-state index in [0.29, 0.717) is 17.9 Å². The third-order valence-electron chi connectivity index (χ3n) is 4.20. The van der Waals surface area contributed by atoms with Crippen LogP contribution in [0.3, 0.4) is 0 Å². The summed E-state index contributed by atoms with van der Waals surface area (Å²) in [6, 6.07) is 3.76. The molecule has 132 valence electrons. The summed E-state index contributed by atoms with van der Waals surface area (Å²) in [4.78, 5) is 23.2. The van der Waals surface area contributed by atoms with E-state index < -0.39 is 29.7 Å². The summed E-state index contributed by atoms with van der Waals surface area (Å²) in [7, 11) is 0. The lowest BCUT2D eigenvalue weighted by atomic mass is 9.96. The normalized spacial score (nSPS) is 17.2. The van der Waals surface area contributed by atoms with Gasteiger partial charge in [-0.3, -0.25) is 4.79 Å². The van der Waals surface area contributed by atoms with Crippen molar-refractivity contribution < 1.29 is 27.9 Å². The quantitative estimate of drug-likeness (QED) is 0.795. The molecule has 2 N–H and O–H groups in total. The number of hydrogen-bond acceptors (Lipinski definition) is 2. The summed E-state index contributed by atoms with van der Waals surface area (Å²) in [5.74, 6) is -1.41. The number of halogens is 3. The van der Waals surface area contributed by atoms with Crippen LogP contribution in [-0.4, -0.2) is 23.0 Å². The molecule has 1 amide bonds. The molecule has 2 unspecified atom stereocenters. The average Bonchev–Trinajstić information content (AvgIpc) is 3.29. The van der Waals surface area contributed by atoms with Crippen LogP contribution in [0.4, 0.5) is 13.2 Å². The molecule has 7 heteroatoms. The first-order chi connectivity index (χ1) is 11.2. The topological polar surface area (TPSA) is 66.4 Å². The van der Waals surface area contributed by atoms with Gasteiger partial charge >= 0.3 is 12.1 Å². The number of carboxylic acid groups (broad SMARTS) is 1. The van der Waals surface area contributed by atoms with Gasteiger partial charge in [-0.05, 0) is 36.0 Å². The highest BCUT2D eigenvalue weighted by Gasteiger charge is 2.31. The molecule has 1 aromatic carbocycles. The van der Waals surface area contributed by atoms with E-state index in [1.807, 2.05) is 0 Å². The van der Waals surface area contributed by atoms with Gasteiger partial charge in [0.2, 0.25) is 5.91 Å². The second kappa shape index (κ2) is 7.23. The summed E-state index contributed by atoms with van der Waals surface area (Å²) >= 11 is 0. The van der Waals surface area contributed by atoms with E-state index in [1.54, 1.807) is 6.92 Å². The Kier molecular flexibility index (Phi) is 5.51. The third-order valence-corrected chi connectivity index (χ3v) is 4.20. The summed E-state index contributed by atoms with van der Waals surface area (Å²) in [6.07, 6.45) is -1.96. The molecular formula is C17H20F3NO3. The van der Waals surface area contributed by atoms with Crippen molar-refractivity contribution in [2.45, 2.75) is 50.7 Å². The molecule has 1 saturated carbocycles. The summed E-state index contributed by atoms with van der Waals surface area (Å²) in [5, 5.41) is 11.6. The number of rotatable bonds is 7. The fraction of sp³-hybridized carbons (Fsp3) is 0.529. The van der Waals surface area contributed by atoms with Gasteiger partial charge in [-0.2, -0.15) is 13.2 Å². The lowest BCUT2D eigenvalue weighted by Gasteiger charge is -2.17. The highest BCUT2D eigenvalue weighted by atomic mass is 19.4. The van der Waals surface area contributed by atoms with Gasteiger partial charge in [0, 0.05) is 6.42 Å². The second-order valence-corrected chi connectivity index (χ2v) is 6.36. The minimum atomic E-state index is -4.39. The Balaban J connectivity index is 1.91. The monoisotopic (exact) mass is 343 g/mol.